The van der Waals surface area contributed by atoms with E-state index in [-0.39, 0.29) is 40.9 Å². The molecule has 1 aliphatic carbocycles. The average molecular weight is 603 g/mol. The minimum absolute atomic E-state index is 0.0387. The zero-order valence-electron chi connectivity index (χ0n) is 24.4. The molecule has 5 rings (SSSR count). The number of hydrogen-bond acceptors (Lipinski definition) is 6. The Bertz CT molecular complexity index is 1620. The van der Waals surface area contributed by atoms with Crippen molar-refractivity contribution in [2.75, 3.05) is 12.4 Å². The van der Waals surface area contributed by atoms with Gasteiger partial charge in [-0.25, -0.2) is 13.8 Å². The van der Waals surface area contributed by atoms with Crippen LogP contribution in [-0.4, -0.2) is 23.8 Å². The van der Waals surface area contributed by atoms with Crippen LogP contribution >= 0.6 is 11.3 Å². The van der Waals surface area contributed by atoms with Gasteiger partial charge in [-0.2, -0.15) is 0 Å². The van der Waals surface area contributed by atoms with Gasteiger partial charge < -0.3 is 10.1 Å². The van der Waals surface area contributed by atoms with Gasteiger partial charge in [0.1, 0.15) is 11.6 Å². The van der Waals surface area contributed by atoms with Crippen molar-refractivity contribution in [3.8, 4) is 11.1 Å². The van der Waals surface area contributed by atoms with Gasteiger partial charge in [-0.05, 0) is 104 Å². The number of aromatic nitrogens is 1. The van der Waals surface area contributed by atoms with E-state index in [1.54, 1.807) is 18.2 Å². The molecule has 1 N–H and O–H groups in total. The van der Waals surface area contributed by atoms with E-state index in [1.807, 2.05) is 30.3 Å². The molecule has 5 nitrogen and oxygen atoms in total. The lowest BCUT2D eigenvalue weighted by Crippen LogP contribution is -2.36. The van der Waals surface area contributed by atoms with Crippen LogP contribution in [0.4, 0.5) is 19.6 Å². The summed E-state index contributed by atoms with van der Waals surface area (Å²) in [5, 5.41) is 3.88. The number of rotatable bonds is 13. The molecule has 3 unspecified atom stereocenters. The number of halogens is 2. The molecular formula is C35H36F2N2O3S. The van der Waals surface area contributed by atoms with E-state index in [0.29, 0.717) is 35.9 Å². The number of allylic oxidation sites excluding steroid dienone is 1. The van der Waals surface area contributed by atoms with Crippen LogP contribution in [0.3, 0.4) is 0 Å². The molecule has 1 aliphatic rings. The second kappa shape index (κ2) is 13.6. The predicted octanol–water partition coefficient (Wildman–Crippen LogP) is 9.37. The Balaban J connectivity index is 1.23. The molecule has 8 heteroatoms. The number of thiazole rings is 1. The first-order valence-corrected chi connectivity index (χ1v) is 15.5. The zero-order valence-corrected chi connectivity index (χ0v) is 25.3. The van der Waals surface area contributed by atoms with Crippen molar-refractivity contribution in [2.24, 2.45) is 23.7 Å². The molecule has 4 atom stereocenters. The summed E-state index contributed by atoms with van der Waals surface area (Å²) in [7, 11) is 1.40. The highest BCUT2D eigenvalue weighted by Gasteiger charge is 2.40. The van der Waals surface area contributed by atoms with E-state index < -0.39 is 5.82 Å². The van der Waals surface area contributed by atoms with Crippen LogP contribution in [0.15, 0.2) is 73.3 Å². The summed E-state index contributed by atoms with van der Waals surface area (Å²) in [6.07, 6.45) is 6.55. The minimum Gasteiger partial charge on any atom is -0.469 e. The van der Waals surface area contributed by atoms with E-state index in [4.69, 9.17) is 4.74 Å². The van der Waals surface area contributed by atoms with E-state index in [2.05, 4.69) is 23.8 Å². The van der Waals surface area contributed by atoms with E-state index in [1.165, 1.54) is 36.6 Å². The van der Waals surface area contributed by atoms with Gasteiger partial charge in [-0.1, -0.05) is 42.5 Å². The number of hydrogen-bond donors (Lipinski definition) is 1. The van der Waals surface area contributed by atoms with Crippen LogP contribution in [0.2, 0.25) is 0 Å². The number of anilines is 2. The Labute approximate surface area is 255 Å². The highest BCUT2D eigenvalue weighted by molar-refractivity contribution is 7.22. The van der Waals surface area contributed by atoms with Crippen molar-refractivity contribution in [3.05, 3.63) is 90.5 Å². The number of ketones is 1. The second-order valence-electron chi connectivity index (χ2n) is 11.5. The molecular weight excluding hydrogens is 566 g/mol. The van der Waals surface area contributed by atoms with Crippen LogP contribution in [0, 0.1) is 35.3 Å². The Morgan fingerprint density at radius 2 is 1.86 bits per heavy atom. The quantitative estimate of drug-likeness (QED) is 0.0938. The maximum Gasteiger partial charge on any atom is 0.308 e. The van der Waals surface area contributed by atoms with Crippen LogP contribution in [0.25, 0.3) is 21.3 Å². The maximum atomic E-state index is 15.3. The van der Waals surface area contributed by atoms with E-state index >= 15 is 4.39 Å². The van der Waals surface area contributed by atoms with Gasteiger partial charge >= 0.3 is 5.97 Å². The van der Waals surface area contributed by atoms with Crippen molar-refractivity contribution in [3.63, 3.8) is 0 Å². The van der Waals surface area contributed by atoms with E-state index in [0.717, 1.165) is 40.7 Å². The average Bonchev–Trinajstić information content (AvgIpc) is 3.38. The number of nitrogens with zero attached hydrogens (tertiary/aromatic N) is 1. The standard InChI is InChI=1S/C35H36F2N2O3S/c1-4-5-6-21(2)17-25(34(41)42-3)18-24-10-14-28(24)33(40)29-15-9-23(19-30(29)37)22-7-12-27(13-8-22)38-35-39-31-16-11-26(36)20-32(31)43-35/h4,7-9,11-13,15-16,19-21,24-25,28H,1,5-6,10,14,17-18H2,2-3H3,(H,38,39)/t21?,24?,25-,28?/m1/s1. The third kappa shape index (κ3) is 7.19. The molecule has 0 radical (unpaired) electrons. The molecule has 0 saturated heterocycles. The molecule has 43 heavy (non-hydrogen) atoms. The van der Waals surface area contributed by atoms with Gasteiger partial charge in [-0.15, -0.1) is 6.58 Å². The number of carbonyl (C=O) groups is 2. The molecule has 0 aliphatic heterocycles. The largest absolute Gasteiger partial charge is 0.469 e. The summed E-state index contributed by atoms with van der Waals surface area (Å²) < 4.78 is 34.7. The van der Waals surface area contributed by atoms with E-state index in [9.17, 15) is 14.0 Å². The lowest BCUT2D eigenvalue weighted by molar-refractivity contribution is -0.147. The fourth-order valence-electron chi connectivity index (χ4n) is 5.94. The Morgan fingerprint density at radius 1 is 1.09 bits per heavy atom. The number of methoxy groups -OCH3 is 1. The molecule has 1 aromatic heterocycles. The van der Waals surface area contributed by atoms with Crippen LogP contribution < -0.4 is 5.32 Å². The first-order chi connectivity index (χ1) is 20.7. The lowest BCUT2D eigenvalue weighted by atomic mass is 9.66. The number of benzene rings is 3. The maximum absolute atomic E-state index is 15.3. The molecule has 1 saturated carbocycles. The van der Waals surface area contributed by atoms with Crippen LogP contribution in [0.5, 0.6) is 0 Å². The molecule has 0 spiro atoms. The normalized spacial score (nSPS) is 17.6. The number of Topliss-reactive ketones (excluding diaryl/α,β-unsaturated/α-hetero) is 1. The number of ether oxygens (including phenoxy) is 1. The van der Waals surface area contributed by atoms with Gasteiger partial charge in [0, 0.05) is 11.6 Å². The molecule has 1 fully saturated rings. The monoisotopic (exact) mass is 602 g/mol. The first kappa shape index (κ1) is 30.5. The van der Waals surface area contributed by atoms with Crippen LogP contribution in [0.1, 0.15) is 55.8 Å². The lowest BCUT2D eigenvalue weighted by Gasteiger charge is -2.37. The highest BCUT2D eigenvalue weighted by atomic mass is 32.1. The SMILES string of the molecule is C=CCCC(C)C[C@H](CC1CCC1C(=O)c1ccc(-c2ccc(Nc3nc4ccc(F)cc4s3)cc2)cc1F)C(=O)OC. The fourth-order valence-corrected chi connectivity index (χ4v) is 6.85. The number of fused-ring (bicyclic) bond motifs is 1. The van der Waals surface area contributed by atoms with Crippen LogP contribution in [-0.2, 0) is 9.53 Å². The molecule has 224 valence electrons. The number of carbonyl (C=O) groups excluding carboxylic acids is 2. The van der Waals surface area contributed by atoms with Gasteiger partial charge in [0.05, 0.1) is 28.8 Å². The molecule has 4 aromatic rings. The summed E-state index contributed by atoms with van der Waals surface area (Å²) in [5.74, 6) is -1.46. The Morgan fingerprint density at radius 3 is 2.53 bits per heavy atom. The second-order valence-corrected chi connectivity index (χ2v) is 12.5. The van der Waals surface area contributed by atoms with Gasteiger partial charge in [0.15, 0.2) is 10.9 Å². The molecule has 1 heterocycles. The first-order valence-electron chi connectivity index (χ1n) is 14.7. The minimum atomic E-state index is -0.542. The van der Waals surface area contributed by atoms with Crippen molar-refractivity contribution in [2.45, 2.75) is 45.4 Å². The van der Waals surface area contributed by atoms with Crippen molar-refractivity contribution >= 4 is 44.1 Å². The van der Waals surface area contributed by atoms with Crippen molar-refractivity contribution in [1.82, 2.24) is 4.98 Å². The summed E-state index contributed by atoms with van der Waals surface area (Å²) in [6, 6.07) is 16.7. The summed E-state index contributed by atoms with van der Waals surface area (Å²) in [6.45, 7) is 5.90. The number of esters is 1. The van der Waals surface area contributed by atoms with Gasteiger partial charge in [-0.3, -0.25) is 9.59 Å². The van der Waals surface area contributed by atoms with Crippen molar-refractivity contribution in [1.29, 1.82) is 0 Å². The van der Waals surface area contributed by atoms with Gasteiger partial charge in [0.25, 0.3) is 0 Å². The predicted molar refractivity (Wildman–Crippen MR) is 169 cm³/mol. The zero-order chi connectivity index (χ0) is 30.5. The Kier molecular flexibility index (Phi) is 9.65. The third-order valence-electron chi connectivity index (χ3n) is 8.48. The highest BCUT2D eigenvalue weighted by Crippen LogP contribution is 2.43. The summed E-state index contributed by atoms with van der Waals surface area (Å²) >= 11 is 1.36. The summed E-state index contributed by atoms with van der Waals surface area (Å²) in [5.41, 5.74) is 3.09. The summed E-state index contributed by atoms with van der Waals surface area (Å²) in [4.78, 5) is 30.4. The molecule has 3 aromatic carbocycles. The Hall–Kier alpha value is -3.91. The number of nitrogens with one attached hydrogen (secondary N) is 1. The van der Waals surface area contributed by atoms with Crippen molar-refractivity contribution < 1.29 is 23.1 Å². The smallest absolute Gasteiger partial charge is 0.308 e. The topological polar surface area (TPSA) is 68.3 Å². The molecule has 0 bridgehead atoms. The third-order valence-corrected chi connectivity index (χ3v) is 9.41. The molecule has 0 amide bonds. The fraction of sp³-hybridized carbons (Fsp3) is 0.343. The van der Waals surface area contributed by atoms with Gasteiger partial charge in [0.2, 0.25) is 0 Å².